The monoisotopic (exact) mass is 236 g/mol. The molecule has 4 nitrogen and oxygen atoms in total. The molecule has 1 heterocycles. The summed E-state index contributed by atoms with van der Waals surface area (Å²) in [5.74, 6) is -1.01. The van der Waals surface area contributed by atoms with Gasteiger partial charge in [-0.1, -0.05) is 6.92 Å². The molecule has 2 amide bonds. The quantitative estimate of drug-likeness (QED) is 0.596. The molecule has 5 heteroatoms. The number of anilines is 2. The summed E-state index contributed by atoms with van der Waals surface area (Å²) in [6.07, 6.45) is 0.616. The number of imide groups is 1. The fourth-order valence-corrected chi connectivity index (χ4v) is 1.99. The Morgan fingerprint density at radius 3 is 2.41 bits per heavy atom. The number of hydrogen-bond acceptors (Lipinski definition) is 3. The van der Waals surface area contributed by atoms with Crippen molar-refractivity contribution in [2.45, 2.75) is 19.8 Å². The van der Waals surface area contributed by atoms with E-state index in [4.69, 9.17) is 5.73 Å². The lowest BCUT2D eigenvalue weighted by atomic mass is 9.97. The van der Waals surface area contributed by atoms with Crippen LogP contribution in [-0.2, 0) is 9.59 Å². The number of carbonyl (C=O) groups excluding carboxylic acids is 2. The number of nitrogen functional groups attached to an aromatic ring is 1. The van der Waals surface area contributed by atoms with Gasteiger partial charge in [0.25, 0.3) is 0 Å². The molecule has 1 aliphatic rings. The average molecular weight is 236 g/mol. The summed E-state index contributed by atoms with van der Waals surface area (Å²) in [7, 11) is 0. The summed E-state index contributed by atoms with van der Waals surface area (Å²) in [4.78, 5) is 24.7. The Morgan fingerprint density at radius 2 is 1.88 bits per heavy atom. The standard InChI is InChI=1S/C12H13FN2O2/c1-7-4-11(16)15(12(17)5-7)10-3-2-8(13)6-9(10)14/h2-3,6-7H,4-5,14H2,1H3. The Balaban J connectivity index is 2.38. The van der Waals surface area contributed by atoms with Crippen molar-refractivity contribution in [3.8, 4) is 0 Å². The van der Waals surface area contributed by atoms with Crippen LogP contribution in [0.15, 0.2) is 18.2 Å². The van der Waals surface area contributed by atoms with Crippen LogP contribution in [0, 0.1) is 11.7 Å². The van der Waals surface area contributed by atoms with Gasteiger partial charge in [-0.3, -0.25) is 9.59 Å². The minimum atomic E-state index is -0.489. The van der Waals surface area contributed by atoms with Crippen molar-refractivity contribution in [1.82, 2.24) is 0 Å². The molecule has 0 aliphatic carbocycles. The van der Waals surface area contributed by atoms with Gasteiger partial charge in [-0.05, 0) is 24.1 Å². The second-order valence-corrected chi connectivity index (χ2v) is 4.34. The molecule has 0 atom stereocenters. The van der Waals surface area contributed by atoms with Gasteiger partial charge in [0, 0.05) is 12.8 Å². The highest BCUT2D eigenvalue weighted by atomic mass is 19.1. The van der Waals surface area contributed by atoms with Crippen molar-refractivity contribution < 1.29 is 14.0 Å². The summed E-state index contributed by atoms with van der Waals surface area (Å²) < 4.78 is 12.9. The number of hydrogen-bond donors (Lipinski definition) is 1. The molecular weight excluding hydrogens is 223 g/mol. The Labute approximate surface area is 98.2 Å². The van der Waals surface area contributed by atoms with Crippen molar-refractivity contribution >= 4 is 23.2 Å². The van der Waals surface area contributed by atoms with Crippen LogP contribution in [0.25, 0.3) is 0 Å². The molecule has 17 heavy (non-hydrogen) atoms. The van der Waals surface area contributed by atoms with E-state index in [9.17, 15) is 14.0 Å². The van der Waals surface area contributed by atoms with Gasteiger partial charge in [0.1, 0.15) is 5.82 Å². The van der Waals surface area contributed by atoms with Gasteiger partial charge in [-0.15, -0.1) is 0 Å². The van der Waals surface area contributed by atoms with E-state index in [1.54, 1.807) is 0 Å². The van der Waals surface area contributed by atoms with Crippen molar-refractivity contribution in [3.63, 3.8) is 0 Å². The maximum absolute atomic E-state index is 12.9. The van der Waals surface area contributed by atoms with Gasteiger partial charge in [-0.25, -0.2) is 9.29 Å². The van der Waals surface area contributed by atoms with Crippen molar-refractivity contribution in [1.29, 1.82) is 0 Å². The summed E-state index contributed by atoms with van der Waals surface area (Å²) >= 11 is 0. The highest BCUT2D eigenvalue weighted by molar-refractivity contribution is 6.18. The summed E-state index contributed by atoms with van der Waals surface area (Å²) in [5, 5.41) is 0. The molecule has 0 aromatic heterocycles. The van der Waals surface area contributed by atoms with Crippen molar-refractivity contribution in [2.75, 3.05) is 10.6 Å². The fourth-order valence-electron chi connectivity index (χ4n) is 1.99. The van der Waals surface area contributed by atoms with Crippen molar-refractivity contribution in [3.05, 3.63) is 24.0 Å². The molecule has 90 valence electrons. The number of benzene rings is 1. The summed E-state index contributed by atoms with van der Waals surface area (Å²) in [6.45, 7) is 1.85. The SMILES string of the molecule is CC1CC(=O)N(c2ccc(F)cc2N)C(=O)C1. The molecule has 1 saturated heterocycles. The van der Waals surface area contributed by atoms with Gasteiger partial charge >= 0.3 is 0 Å². The smallest absolute Gasteiger partial charge is 0.234 e. The summed E-state index contributed by atoms with van der Waals surface area (Å²) in [6, 6.07) is 3.65. The lowest BCUT2D eigenvalue weighted by Crippen LogP contribution is -2.43. The molecule has 0 bridgehead atoms. The number of rotatable bonds is 1. The highest BCUT2D eigenvalue weighted by Gasteiger charge is 2.32. The van der Waals surface area contributed by atoms with E-state index in [0.29, 0.717) is 12.8 Å². The van der Waals surface area contributed by atoms with Crippen LogP contribution in [0.3, 0.4) is 0 Å². The first-order chi connectivity index (χ1) is 7.99. The van der Waals surface area contributed by atoms with Crippen molar-refractivity contribution in [2.24, 2.45) is 5.92 Å². The molecule has 1 aromatic carbocycles. The molecule has 0 saturated carbocycles. The minimum absolute atomic E-state index is 0.0490. The molecule has 0 unspecified atom stereocenters. The minimum Gasteiger partial charge on any atom is -0.397 e. The van der Waals surface area contributed by atoms with Gasteiger partial charge in [0.15, 0.2) is 0 Å². The maximum atomic E-state index is 12.9. The van der Waals surface area contributed by atoms with E-state index < -0.39 is 5.82 Å². The van der Waals surface area contributed by atoms with E-state index in [1.165, 1.54) is 12.1 Å². The third-order valence-corrected chi connectivity index (χ3v) is 2.78. The molecule has 1 aliphatic heterocycles. The zero-order chi connectivity index (χ0) is 12.6. The number of halogens is 1. The zero-order valence-corrected chi connectivity index (χ0v) is 9.44. The predicted molar refractivity (Wildman–Crippen MR) is 61.7 cm³/mol. The van der Waals surface area contributed by atoms with E-state index in [0.717, 1.165) is 11.0 Å². The van der Waals surface area contributed by atoms with Gasteiger partial charge in [0.05, 0.1) is 11.4 Å². The normalized spacial score (nSPS) is 17.6. The second kappa shape index (κ2) is 4.16. The first-order valence-electron chi connectivity index (χ1n) is 5.40. The Morgan fingerprint density at radius 1 is 1.29 bits per heavy atom. The Hall–Kier alpha value is -1.91. The predicted octanol–water partition coefficient (Wildman–Crippen LogP) is 1.70. The van der Waals surface area contributed by atoms with Crippen LogP contribution in [0.5, 0.6) is 0 Å². The van der Waals surface area contributed by atoms with Gasteiger partial charge < -0.3 is 5.73 Å². The fraction of sp³-hybridized carbons (Fsp3) is 0.333. The van der Waals surface area contributed by atoms with Crippen LogP contribution in [-0.4, -0.2) is 11.8 Å². The van der Waals surface area contributed by atoms with Crippen LogP contribution < -0.4 is 10.6 Å². The molecule has 1 aromatic rings. The Bertz CT molecular complexity index is 469. The van der Waals surface area contributed by atoms with Gasteiger partial charge in [0.2, 0.25) is 11.8 Å². The molecule has 0 radical (unpaired) electrons. The average Bonchev–Trinajstić information content (AvgIpc) is 2.19. The number of carbonyl (C=O) groups is 2. The van der Waals surface area contributed by atoms with Crippen LogP contribution in [0.4, 0.5) is 15.8 Å². The third-order valence-electron chi connectivity index (χ3n) is 2.78. The molecular formula is C12H13FN2O2. The molecule has 1 fully saturated rings. The first kappa shape index (κ1) is 11.6. The number of amides is 2. The van der Waals surface area contributed by atoms with E-state index in [2.05, 4.69) is 0 Å². The highest BCUT2D eigenvalue weighted by Crippen LogP contribution is 2.29. The lowest BCUT2D eigenvalue weighted by Gasteiger charge is -2.29. The number of piperidine rings is 1. The van der Waals surface area contributed by atoms with Crippen LogP contribution in [0.2, 0.25) is 0 Å². The molecule has 2 rings (SSSR count). The van der Waals surface area contributed by atoms with Crippen LogP contribution in [0.1, 0.15) is 19.8 Å². The lowest BCUT2D eigenvalue weighted by molar-refractivity contribution is -0.130. The largest absolute Gasteiger partial charge is 0.397 e. The summed E-state index contributed by atoms with van der Waals surface area (Å²) in [5.41, 5.74) is 6.00. The first-order valence-corrected chi connectivity index (χ1v) is 5.40. The third kappa shape index (κ3) is 2.13. The molecule has 0 spiro atoms. The van der Waals surface area contributed by atoms with Gasteiger partial charge in [-0.2, -0.15) is 0 Å². The van der Waals surface area contributed by atoms with E-state index in [-0.39, 0.29) is 29.1 Å². The van der Waals surface area contributed by atoms with E-state index in [1.807, 2.05) is 6.92 Å². The second-order valence-electron chi connectivity index (χ2n) is 4.34. The number of nitrogens with two attached hydrogens (primary N) is 1. The molecule has 2 N–H and O–H groups in total. The van der Waals surface area contributed by atoms with E-state index >= 15 is 0 Å². The topological polar surface area (TPSA) is 63.4 Å². The van der Waals surface area contributed by atoms with Crippen LogP contribution >= 0.6 is 0 Å². The number of nitrogens with zero attached hydrogens (tertiary/aromatic N) is 1. The Kier molecular flexibility index (Phi) is 2.83. The maximum Gasteiger partial charge on any atom is 0.234 e. The zero-order valence-electron chi connectivity index (χ0n) is 9.44.